The maximum absolute atomic E-state index is 11.0. The Morgan fingerprint density at radius 2 is 2.35 bits per heavy atom. The van der Waals surface area contributed by atoms with E-state index in [4.69, 9.17) is 5.11 Å². The van der Waals surface area contributed by atoms with Crippen LogP contribution < -0.4 is 0 Å². The van der Waals surface area contributed by atoms with Gasteiger partial charge in [0.25, 0.3) is 0 Å². The lowest BCUT2D eigenvalue weighted by Gasteiger charge is -1.93. The molecule has 0 amide bonds. The van der Waals surface area contributed by atoms with Crippen molar-refractivity contribution >= 4 is 28.5 Å². The molecule has 0 fully saturated rings. The maximum atomic E-state index is 11.0. The fraction of sp³-hybridized carbons (Fsp3) is 0. The third-order valence-electron chi connectivity index (χ3n) is 2.29. The molecule has 0 bridgehead atoms. The first-order valence-corrected chi connectivity index (χ1v) is 5.60. The first-order chi connectivity index (χ1) is 8.25. The minimum Gasteiger partial charge on any atom is -0.478 e. The number of aromatic amines is 1. The largest absolute Gasteiger partial charge is 0.478 e. The van der Waals surface area contributed by atoms with E-state index in [1.165, 1.54) is 23.6 Å². The predicted octanol–water partition coefficient (Wildman–Crippen LogP) is 1.78. The summed E-state index contributed by atoms with van der Waals surface area (Å²) in [4.78, 5) is 27.1. The predicted molar refractivity (Wildman–Crippen MR) is 62.0 cm³/mol. The summed E-state index contributed by atoms with van der Waals surface area (Å²) in [5, 5.41) is 9.04. The molecule has 2 N–H and O–H groups in total. The van der Waals surface area contributed by atoms with Crippen LogP contribution in [0.25, 0.3) is 21.9 Å². The van der Waals surface area contributed by atoms with E-state index >= 15 is 0 Å². The molecule has 6 nitrogen and oxygen atoms in total. The van der Waals surface area contributed by atoms with Gasteiger partial charge < -0.3 is 10.1 Å². The number of thiazole rings is 1. The molecule has 0 aliphatic rings. The highest BCUT2D eigenvalue weighted by Crippen LogP contribution is 2.23. The van der Waals surface area contributed by atoms with Gasteiger partial charge in [-0.05, 0) is 6.07 Å². The van der Waals surface area contributed by atoms with Gasteiger partial charge in [-0.2, -0.15) is 0 Å². The lowest BCUT2D eigenvalue weighted by molar-refractivity contribution is 0.0699. The van der Waals surface area contributed by atoms with Crippen LogP contribution in [0.3, 0.4) is 0 Å². The number of carbonyl (C=O) groups is 1. The topological polar surface area (TPSA) is 91.8 Å². The average molecular weight is 246 g/mol. The van der Waals surface area contributed by atoms with Gasteiger partial charge in [0.05, 0.1) is 21.5 Å². The molecule has 84 valence electrons. The van der Waals surface area contributed by atoms with Crippen LogP contribution in [0.15, 0.2) is 24.0 Å². The molecule has 0 aliphatic carbocycles. The Labute approximate surface area is 99.0 Å². The van der Waals surface area contributed by atoms with E-state index in [1.807, 2.05) is 0 Å². The SMILES string of the molecule is O=C(O)c1ccnc2nc(-c3cncs3)[nH]c12. The smallest absolute Gasteiger partial charge is 0.338 e. The van der Waals surface area contributed by atoms with Crippen LogP contribution >= 0.6 is 11.3 Å². The van der Waals surface area contributed by atoms with Crippen LogP contribution in [0.5, 0.6) is 0 Å². The van der Waals surface area contributed by atoms with Gasteiger partial charge in [0.1, 0.15) is 0 Å². The van der Waals surface area contributed by atoms with Crippen molar-refractivity contribution in [2.45, 2.75) is 0 Å². The van der Waals surface area contributed by atoms with Crippen molar-refractivity contribution in [3.8, 4) is 10.7 Å². The zero-order valence-corrected chi connectivity index (χ0v) is 9.23. The van der Waals surface area contributed by atoms with Gasteiger partial charge in [-0.1, -0.05) is 0 Å². The number of hydrogen-bond acceptors (Lipinski definition) is 5. The monoisotopic (exact) mass is 246 g/mol. The van der Waals surface area contributed by atoms with Crippen molar-refractivity contribution in [1.29, 1.82) is 0 Å². The second-order valence-electron chi connectivity index (χ2n) is 3.31. The van der Waals surface area contributed by atoms with Gasteiger partial charge in [0.15, 0.2) is 11.5 Å². The molecule has 0 unspecified atom stereocenters. The third kappa shape index (κ3) is 1.56. The summed E-state index contributed by atoms with van der Waals surface area (Å²) in [7, 11) is 0. The van der Waals surface area contributed by atoms with Crippen molar-refractivity contribution in [1.82, 2.24) is 19.9 Å². The minimum atomic E-state index is -1.00. The van der Waals surface area contributed by atoms with Gasteiger partial charge in [0, 0.05) is 12.4 Å². The van der Waals surface area contributed by atoms with Gasteiger partial charge in [-0.15, -0.1) is 11.3 Å². The number of carboxylic acids is 1. The molecular weight excluding hydrogens is 240 g/mol. The average Bonchev–Trinajstić information content (AvgIpc) is 2.96. The number of aromatic carboxylic acids is 1. The molecular formula is C10H6N4O2S. The second-order valence-corrected chi connectivity index (χ2v) is 4.20. The zero-order valence-electron chi connectivity index (χ0n) is 8.41. The fourth-order valence-electron chi connectivity index (χ4n) is 1.54. The summed E-state index contributed by atoms with van der Waals surface area (Å²) < 4.78 is 0. The number of rotatable bonds is 2. The Bertz CT molecular complexity index is 689. The molecule has 0 aliphatic heterocycles. The normalized spacial score (nSPS) is 10.8. The number of aromatic nitrogens is 4. The fourth-order valence-corrected chi connectivity index (χ4v) is 2.10. The second kappa shape index (κ2) is 3.63. The zero-order chi connectivity index (χ0) is 11.8. The summed E-state index contributed by atoms with van der Waals surface area (Å²) in [6.45, 7) is 0. The van der Waals surface area contributed by atoms with Gasteiger partial charge in [-0.3, -0.25) is 4.98 Å². The van der Waals surface area contributed by atoms with E-state index in [0.29, 0.717) is 17.0 Å². The Morgan fingerprint density at radius 1 is 1.47 bits per heavy atom. The van der Waals surface area contributed by atoms with Crippen LogP contribution in [0, 0.1) is 0 Å². The highest BCUT2D eigenvalue weighted by Gasteiger charge is 2.14. The molecule has 7 heteroatoms. The van der Waals surface area contributed by atoms with Gasteiger partial charge >= 0.3 is 5.97 Å². The van der Waals surface area contributed by atoms with E-state index < -0.39 is 5.97 Å². The quantitative estimate of drug-likeness (QED) is 0.719. The molecule has 17 heavy (non-hydrogen) atoms. The lowest BCUT2D eigenvalue weighted by atomic mass is 10.2. The first-order valence-electron chi connectivity index (χ1n) is 4.72. The summed E-state index contributed by atoms with van der Waals surface area (Å²) in [5.41, 5.74) is 2.68. The molecule has 0 aromatic carbocycles. The molecule has 3 aromatic rings. The van der Waals surface area contributed by atoms with Gasteiger partial charge in [0.2, 0.25) is 0 Å². The number of nitrogens with zero attached hydrogens (tertiary/aromatic N) is 3. The molecule has 0 saturated heterocycles. The van der Waals surface area contributed by atoms with E-state index in [9.17, 15) is 4.79 Å². The number of pyridine rings is 1. The van der Waals surface area contributed by atoms with Crippen LogP contribution in [0.4, 0.5) is 0 Å². The van der Waals surface area contributed by atoms with Crippen molar-refractivity contribution in [2.75, 3.05) is 0 Å². The van der Waals surface area contributed by atoms with Crippen LogP contribution in [-0.4, -0.2) is 31.0 Å². The number of fused-ring (bicyclic) bond motifs is 1. The molecule has 3 aromatic heterocycles. The van der Waals surface area contributed by atoms with Crippen molar-refractivity contribution in [3.63, 3.8) is 0 Å². The summed E-state index contributed by atoms with van der Waals surface area (Å²) in [6, 6.07) is 1.44. The minimum absolute atomic E-state index is 0.165. The van der Waals surface area contributed by atoms with Crippen molar-refractivity contribution < 1.29 is 9.90 Å². The molecule has 3 heterocycles. The number of H-pyrrole nitrogens is 1. The van der Waals surface area contributed by atoms with E-state index in [0.717, 1.165) is 4.88 Å². The molecule has 0 radical (unpaired) electrons. The number of hydrogen-bond donors (Lipinski definition) is 2. The molecule has 0 spiro atoms. The maximum Gasteiger partial charge on any atom is 0.338 e. The van der Waals surface area contributed by atoms with E-state index in [-0.39, 0.29) is 5.56 Å². The Morgan fingerprint density at radius 3 is 3.06 bits per heavy atom. The van der Waals surface area contributed by atoms with E-state index in [1.54, 1.807) is 11.7 Å². The lowest BCUT2D eigenvalue weighted by Crippen LogP contribution is -1.97. The van der Waals surface area contributed by atoms with Crippen LogP contribution in [0.1, 0.15) is 10.4 Å². The van der Waals surface area contributed by atoms with Crippen LogP contribution in [0.2, 0.25) is 0 Å². The van der Waals surface area contributed by atoms with Crippen molar-refractivity contribution in [2.24, 2.45) is 0 Å². The summed E-state index contributed by atoms with van der Waals surface area (Å²) >= 11 is 1.43. The molecule has 0 atom stereocenters. The molecule has 3 rings (SSSR count). The van der Waals surface area contributed by atoms with Gasteiger partial charge in [-0.25, -0.2) is 14.8 Å². The highest BCUT2D eigenvalue weighted by molar-refractivity contribution is 7.13. The third-order valence-corrected chi connectivity index (χ3v) is 3.07. The standard InChI is InChI=1S/C10H6N4O2S/c15-10(16)5-1-2-12-9-7(5)13-8(14-9)6-3-11-4-17-6/h1-4H,(H,15,16)(H,12,13,14). The summed E-state index contributed by atoms with van der Waals surface area (Å²) in [5.74, 6) is -0.416. The van der Waals surface area contributed by atoms with Crippen LogP contribution in [-0.2, 0) is 0 Å². The first kappa shape index (κ1) is 9.91. The number of imidazole rings is 1. The summed E-state index contributed by atoms with van der Waals surface area (Å²) in [6.07, 6.45) is 3.10. The number of carboxylic acid groups (broad SMARTS) is 1. The van der Waals surface area contributed by atoms with E-state index in [2.05, 4.69) is 19.9 Å². The Balaban J connectivity index is 2.26. The number of nitrogens with one attached hydrogen (secondary N) is 1. The highest BCUT2D eigenvalue weighted by atomic mass is 32.1. The van der Waals surface area contributed by atoms with Crippen molar-refractivity contribution in [3.05, 3.63) is 29.5 Å². The Kier molecular flexibility index (Phi) is 2.12. The molecule has 0 saturated carbocycles. The Hall–Kier alpha value is -2.28.